The van der Waals surface area contributed by atoms with Gasteiger partial charge in [-0.25, -0.2) is 13.1 Å². The highest BCUT2D eigenvalue weighted by molar-refractivity contribution is 7.89. The third-order valence-electron chi connectivity index (χ3n) is 4.29. The molecule has 0 spiro atoms. The van der Waals surface area contributed by atoms with E-state index >= 15 is 0 Å². The van der Waals surface area contributed by atoms with Crippen molar-refractivity contribution in [2.75, 3.05) is 19.6 Å². The molecule has 1 saturated heterocycles. The Morgan fingerprint density at radius 3 is 2.45 bits per heavy atom. The fourth-order valence-electron chi connectivity index (χ4n) is 3.08. The van der Waals surface area contributed by atoms with Gasteiger partial charge in [-0.05, 0) is 50.4 Å². The second-order valence-electron chi connectivity index (χ2n) is 6.29. The number of hydrogen-bond donors (Lipinski definition) is 1. The van der Waals surface area contributed by atoms with Crippen LogP contribution < -0.4 is 4.72 Å². The molecule has 1 aliphatic rings. The molecule has 1 atom stereocenters. The lowest BCUT2D eigenvalue weighted by atomic mass is 10.0. The summed E-state index contributed by atoms with van der Waals surface area (Å²) in [5.41, 5.74) is 0.669. The maximum Gasteiger partial charge on any atom is 0.242 e. The van der Waals surface area contributed by atoms with Crippen molar-refractivity contribution >= 4 is 21.6 Å². The Morgan fingerprint density at radius 2 is 1.91 bits per heavy atom. The number of nitrogens with zero attached hydrogens (tertiary/aromatic N) is 1. The lowest BCUT2D eigenvalue weighted by Crippen LogP contribution is -2.45. The molecule has 124 valence electrons. The number of hydrogen-bond acceptors (Lipinski definition) is 3. The van der Waals surface area contributed by atoms with Crippen LogP contribution in [0.4, 0.5) is 0 Å². The van der Waals surface area contributed by atoms with Gasteiger partial charge in [-0.2, -0.15) is 0 Å². The molecule has 1 heterocycles. The predicted molar refractivity (Wildman–Crippen MR) is 90.8 cm³/mol. The van der Waals surface area contributed by atoms with E-state index in [9.17, 15) is 8.42 Å². The average Bonchev–Trinajstić information content (AvgIpc) is 2.91. The summed E-state index contributed by atoms with van der Waals surface area (Å²) in [5.74, 6) is 0.396. The Morgan fingerprint density at radius 1 is 1.27 bits per heavy atom. The van der Waals surface area contributed by atoms with Gasteiger partial charge in [-0.15, -0.1) is 0 Å². The minimum Gasteiger partial charge on any atom is -0.299 e. The fraction of sp³-hybridized carbons (Fsp3) is 0.625. The molecule has 1 aromatic rings. The van der Waals surface area contributed by atoms with Gasteiger partial charge in [0.2, 0.25) is 10.0 Å². The second-order valence-corrected chi connectivity index (χ2v) is 8.40. The Kier molecular flexibility index (Phi) is 5.88. The number of likely N-dealkylation sites (tertiary alicyclic amines) is 1. The number of benzene rings is 1. The van der Waals surface area contributed by atoms with E-state index in [0.717, 1.165) is 13.1 Å². The molecule has 6 heteroatoms. The van der Waals surface area contributed by atoms with Gasteiger partial charge in [0, 0.05) is 12.6 Å². The molecular formula is C16H25ClN2O2S. The largest absolute Gasteiger partial charge is 0.299 e. The quantitative estimate of drug-likeness (QED) is 0.862. The first kappa shape index (κ1) is 17.7. The molecule has 1 N–H and O–H groups in total. The summed E-state index contributed by atoms with van der Waals surface area (Å²) < 4.78 is 28.0. The van der Waals surface area contributed by atoms with Crippen LogP contribution in [-0.2, 0) is 10.0 Å². The molecule has 1 aromatic carbocycles. The number of nitrogens with one attached hydrogen (secondary N) is 1. The molecule has 0 radical (unpaired) electrons. The monoisotopic (exact) mass is 344 g/mol. The van der Waals surface area contributed by atoms with E-state index in [1.54, 1.807) is 25.1 Å². The van der Waals surface area contributed by atoms with Crippen LogP contribution in [0.25, 0.3) is 0 Å². The van der Waals surface area contributed by atoms with E-state index in [2.05, 4.69) is 23.5 Å². The molecule has 0 aromatic heterocycles. The molecule has 4 nitrogen and oxygen atoms in total. The van der Waals surface area contributed by atoms with Gasteiger partial charge in [0.05, 0.1) is 5.02 Å². The summed E-state index contributed by atoms with van der Waals surface area (Å²) in [6.07, 6.45) is 2.39. The minimum absolute atomic E-state index is 0.195. The number of halogens is 1. The molecule has 2 rings (SSSR count). The van der Waals surface area contributed by atoms with E-state index < -0.39 is 10.0 Å². The van der Waals surface area contributed by atoms with Gasteiger partial charge in [-0.1, -0.05) is 37.6 Å². The smallest absolute Gasteiger partial charge is 0.242 e. The standard InChI is InChI=1S/C16H25ClN2O2S/c1-12(2)15(19-9-4-5-10-19)11-18-22(20,21)16-13(3)7-6-8-14(16)17/h6-8,12,15,18H,4-5,9-11H2,1-3H3. The molecule has 0 aliphatic carbocycles. The predicted octanol–water partition coefficient (Wildman–Crippen LogP) is 3.05. The molecule has 0 saturated carbocycles. The van der Waals surface area contributed by atoms with Crippen LogP contribution in [-0.4, -0.2) is 39.0 Å². The van der Waals surface area contributed by atoms with Crippen molar-refractivity contribution in [2.24, 2.45) is 5.92 Å². The normalized spacial score (nSPS) is 18.0. The molecule has 0 amide bonds. The van der Waals surface area contributed by atoms with Crippen molar-refractivity contribution in [3.8, 4) is 0 Å². The third-order valence-corrected chi connectivity index (χ3v) is 6.35. The summed E-state index contributed by atoms with van der Waals surface area (Å²) in [5, 5.41) is 0.273. The Hall–Kier alpha value is -0.620. The highest BCUT2D eigenvalue weighted by atomic mass is 35.5. The van der Waals surface area contributed by atoms with Crippen LogP contribution in [0.1, 0.15) is 32.3 Å². The highest BCUT2D eigenvalue weighted by Crippen LogP contribution is 2.25. The van der Waals surface area contributed by atoms with Crippen LogP contribution in [0.3, 0.4) is 0 Å². The zero-order valence-corrected chi connectivity index (χ0v) is 15.0. The van der Waals surface area contributed by atoms with Crippen molar-refractivity contribution in [1.29, 1.82) is 0 Å². The SMILES string of the molecule is Cc1cccc(Cl)c1S(=O)(=O)NCC(C(C)C)N1CCCC1. The van der Waals surface area contributed by atoms with Crippen LogP contribution >= 0.6 is 11.6 Å². The Bertz CT molecular complexity index is 590. The van der Waals surface area contributed by atoms with Gasteiger partial charge in [0.15, 0.2) is 0 Å². The van der Waals surface area contributed by atoms with E-state index in [1.807, 2.05) is 0 Å². The van der Waals surface area contributed by atoms with E-state index in [-0.39, 0.29) is 16.0 Å². The lowest BCUT2D eigenvalue weighted by Gasteiger charge is -2.31. The zero-order valence-electron chi connectivity index (χ0n) is 13.5. The first-order valence-electron chi connectivity index (χ1n) is 7.82. The summed E-state index contributed by atoms with van der Waals surface area (Å²) in [4.78, 5) is 2.58. The van der Waals surface area contributed by atoms with E-state index in [0.29, 0.717) is 18.0 Å². The van der Waals surface area contributed by atoms with Gasteiger partial charge < -0.3 is 0 Å². The molecule has 0 bridgehead atoms. The fourth-order valence-corrected chi connectivity index (χ4v) is 4.96. The van der Waals surface area contributed by atoms with Crippen LogP contribution in [0.15, 0.2) is 23.1 Å². The Balaban J connectivity index is 2.14. The van der Waals surface area contributed by atoms with Gasteiger partial charge in [-0.3, -0.25) is 4.90 Å². The van der Waals surface area contributed by atoms with Crippen molar-refractivity contribution in [3.05, 3.63) is 28.8 Å². The van der Waals surface area contributed by atoms with E-state index in [1.165, 1.54) is 12.8 Å². The summed E-state index contributed by atoms with van der Waals surface area (Å²) in [6, 6.07) is 5.36. The minimum atomic E-state index is -3.59. The van der Waals surface area contributed by atoms with Crippen molar-refractivity contribution in [3.63, 3.8) is 0 Å². The Labute approximate surface area is 138 Å². The first-order chi connectivity index (χ1) is 10.3. The molecular weight excluding hydrogens is 320 g/mol. The second kappa shape index (κ2) is 7.30. The summed E-state index contributed by atoms with van der Waals surface area (Å²) in [7, 11) is -3.59. The molecule has 22 heavy (non-hydrogen) atoms. The van der Waals surface area contributed by atoms with Crippen molar-refractivity contribution in [1.82, 2.24) is 9.62 Å². The molecule has 1 unspecified atom stereocenters. The van der Waals surface area contributed by atoms with Crippen molar-refractivity contribution < 1.29 is 8.42 Å². The average molecular weight is 345 g/mol. The van der Waals surface area contributed by atoms with Crippen LogP contribution in [0.2, 0.25) is 5.02 Å². The number of rotatable bonds is 6. The van der Waals surface area contributed by atoms with Gasteiger partial charge in [0.25, 0.3) is 0 Å². The summed E-state index contributed by atoms with van der Waals surface area (Å²) >= 11 is 6.09. The van der Waals surface area contributed by atoms with E-state index in [4.69, 9.17) is 11.6 Å². The number of aryl methyl sites for hydroxylation is 1. The molecule has 1 fully saturated rings. The zero-order chi connectivity index (χ0) is 16.3. The number of sulfonamides is 1. The molecule has 1 aliphatic heterocycles. The highest BCUT2D eigenvalue weighted by Gasteiger charge is 2.27. The van der Waals surface area contributed by atoms with Crippen LogP contribution in [0.5, 0.6) is 0 Å². The lowest BCUT2D eigenvalue weighted by molar-refractivity contribution is 0.193. The van der Waals surface area contributed by atoms with Gasteiger partial charge >= 0.3 is 0 Å². The third kappa shape index (κ3) is 4.02. The van der Waals surface area contributed by atoms with Crippen LogP contribution in [0, 0.1) is 12.8 Å². The maximum atomic E-state index is 12.6. The van der Waals surface area contributed by atoms with Crippen molar-refractivity contribution in [2.45, 2.75) is 44.6 Å². The first-order valence-corrected chi connectivity index (χ1v) is 9.68. The topological polar surface area (TPSA) is 49.4 Å². The maximum absolute atomic E-state index is 12.6. The van der Waals surface area contributed by atoms with Gasteiger partial charge in [0.1, 0.15) is 4.90 Å². The summed E-state index contributed by atoms with van der Waals surface area (Å²) in [6.45, 7) is 8.56.